The summed E-state index contributed by atoms with van der Waals surface area (Å²) in [5.74, 6) is 1.61. The number of hydrogen-bond acceptors (Lipinski definition) is 2. The fraction of sp³-hybridized carbons (Fsp3) is 0.812. The normalized spacial score (nSPS) is 25.4. The van der Waals surface area contributed by atoms with Crippen LogP contribution in [0.4, 0.5) is 0 Å². The second-order valence-corrected chi connectivity index (χ2v) is 6.02. The summed E-state index contributed by atoms with van der Waals surface area (Å²) in [5, 5.41) is 4.34. The number of unbranched alkanes of at least 4 members (excludes halogenated alkanes) is 1. The van der Waals surface area contributed by atoms with Crippen LogP contribution in [-0.2, 0) is 6.54 Å². The van der Waals surface area contributed by atoms with Gasteiger partial charge in [0.25, 0.3) is 0 Å². The van der Waals surface area contributed by atoms with E-state index in [0.717, 1.165) is 12.5 Å². The zero-order valence-corrected chi connectivity index (χ0v) is 12.5. The van der Waals surface area contributed by atoms with Gasteiger partial charge in [-0.15, -0.1) is 0 Å². The maximum Gasteiger partial charge on any atom is 0.0554 e. The number of rotatable bonds is 6. The predicted molar refractivity (Wildman–Crippen MR) is 79.8 cm³/mol. The zero-order valence-electron chi connectivity index (χ0n) is 12.5. The van der Waals surface area contributed by atoms with Crippen molar-refractivity contribution in [1.29, 1.82) is 0 Å². The highest BCUT2D eigenvalue weighted by atomic mass is 15.3. The molecule has 3 nitrogen and oxygen atoms in total. The van der Waals surface area contributed by atoms with Gasteiger partial charge in [0, 0.05) is 18.8 Å². The molecular formula is C16H29N3. The molecule has 1 unspecified atom stereocenters. The lowest BCUT2D eigenvalue weighted by Gasteiger charge is -2.32. The monoisotopic (exact) mass is 263 g/mol. The number of aryl methyl sites for hydroxylation is 1. The summed E-state index contributed by atoms with van der Waals surface area (Å²) < 4.78 is 2.05. The van der Waals surface area contributed by atoms with Crippen LogP contribution >= 0.6 is 0 Å². The Balaban J connectivity index is 1.87. The van der Waals surface area contributed by atoms with Crippen LogP contribution in [0.1, 0.15) is 70.5 Å². The second kappa shape index (κ2) is 7.09. The Morgan fingerprint density at radius 3 is 2.68 bits per heavy atom. The van der Waals surface area contributed by atoms with E-state index in [-0.39, 0.29) is 6.04 Å². The number of nitrogens with zero attached hydrogens (tertiary/aromatic N) is 2. The molecule has 0 aliphatic heterocycles. The van der Waals surface area contributed by atoms with Crippen LogP contribution in [-0.4, -0.2) is 9.78 Å². The maximum absolute atomic E-state index is 6.48. The van der Waals surface area contributed by atoms with E-state index < -0.39 is 0 Å². The lowest BCUT2D eigenvalue weighted by Crippen LogP contribution is -2.28. The third-order valence-corrected chi connectivity index (χ3v) is 4.76. The van der Waals surface area contributed by atoms with Crippen molar-refractivity contribution in [2.24, 2.45) is 17.6 Å². The molecule has 0 aromatic carbocycles. The van der Waals surface area contributed by atoms with Crippen molar-refractivity contribution in [2.75, 3.05) is 0 Å². The van der Waals surface area contributed by atoms with E-state index in [9.17, 15) is 0 Å². The van der Waals surface area contributed by atoms with E-state index in [1.165, 1.54) is 50.6 Å². The summed E-state index contributed by atoms with van der Waals surface area (Å²) in [6, 6.07) is 2.27. The highest BCUT2D eigenvalue weighted by molar-refractivity contribution is 5.08. The summed E-state index contributed by atoms with van der Waals surface area (Å²) in [5.41, 5.74) is 7.70. The van der Waals surface area contributed by atoms with Crippen LogP contribution < -0.4 is 5.73 Å². The third kappa shape index (κ3) is 3.59. The van der Waals surface area contributed by atoms with Crippen molar-refractivity contribution in [2.45, 2.75) is 71.4 Å². The summed E-state index contributed by atoms with van der Waals surface area (Å²) in [7, 11) is 0. The maximum atomic E-state index is 6.48. The molecule has 0 amide bonds. The highest BCUT2D eigenvalue weighted by Gasteiger charge is 2.27. The Morgan fingerprint density at radius 2 is 2.05 bits per heavy atom. The average molecular weight is 263 g/mol. The first kappa shape index (κ1) is 14.6. The molecule has 0 spiro atoms. The van der Waals surface area contributed by atoms with Crippen LogP contribution in [0.25, 0.3) is 0 Å². The minimum atomic E-state index is 0.176. The number of hydrogen-bond donors (Lipinski definition) is 1. The molecule has 1 aliphatic rings. The molecule has 0 saturated heterocycles. The fourth-order valence-corrected chi connectivity index (χ4v) is 3.46. The Kier molecular flexibility index (Phi) is 5.44. The molecule has 1 saturated carbocycles. The molecule has 108 valence electrons. The molecule has 0 bridgehead atoms. The van der Waals surface area contributed by atoms with E-state index in [0.29, 0.717) is 5.92 Å². The molecule has 1 aromatic heterocycles. The van der Waals surface area contributed by atoms with Crippen LogP contribution in [0.15, 0.2) is 12.3 Å². The third-order valence-electron chi connectivity index (χ3n) is 4.76. The van der Waals surface area contributed by atoms with Crippen molar-refractivity contribution in [1.82, 2.24) is 9.78 Å². The zero-order chi connectivity index (χ0) is 13.7. The SMILES string of the molecule is CCCCC1CCC(C(N)c2ccnn2CC)CC1. The minimum Gasteiger partial charge on any atom is -0.322 e. The van der Waals surface area contributed by atoms with E-state index in [1.807, 2.05) is 10.9 Å². The Bertz CT molecular complexity index is 364. The van der Waals surface area contributed by atoms with E-state index >= 15 is 0 Å². The van der Waals surface area contributed by atoms with Gasteiger partial charge < -0.3 is 5.73 Å². The van der Waals surface area contributed by atoms with Crippen molar-refractivity contribution >= 4 is 0 Å². The lowest BCUT2D eigenvalue weighted by atomic mass is 9.76. The fourth-order valence-electron chi connectivity index (χ4n) is 3.46. The van der Waals surface area contributed by atoms with E-state index in [1.54, 1.807) is 0 Å². The molecule has 1 aromatic rings. The second-order valence-electron chi connectivity index (χ2n) is 6.02. The van der Waals surface area contributed by atoms with E-state index in [4.69, 9.17) is 5.73 Å². The van der Waals surface area contributed by atoms with Gasteiger partial charge in [0.15, 0.2) is 0 Å². The van der Waals surface area contributed by atoms with Gasteiger partial charge in [-0.05, 0) is 37.7 Å². The lowest BCUT2D eigenvalue weighted by molar-refractivity contribution is 0.228. The smallest absolute Gasteiger partial charge is 0.0554 e. The van der Waals surface area contributed by atoms with Crippen molar-refractivity contribution < 1.29 is 0 Å². The largest absolute Gasteiger partial charge is 0.322 e. The molecule has 1 heterocycles. The van der Waals surface area contributed by atoms with Gasteiger partial charge in [-0.25, -0.2) is 0 Å². The van der Waals surface area contributed by atoms with Crippen molar-refractivity contribution in [3.8, 4) is 0 Å². The number of nitrogens with two attached hydrogens (primary N) is 1. The van der Waals surface area contributed by atoms with Gasteiger partial charge in [-0.3, -0.25) is 4.68 Å². The molecule has 0 radical (unpaired) electrons. The topological polar surface area (TPSA) is 43.8 Å². The predicted octanol–water partition coefficient (Wildman–Crippen LogP) is 3.90. The van der Waals surface area contributed by atoms with Gasteiger partial charge in [0.05, 0.1) is 5.69 Å². The number of aromatic nitrogens is 2. The molecule has 1 aliphatic carbocycles. The van der Waals surface area contributed by atoms with Gasteiger partial charge >= 0.3 is 0 Å². The van der Waals surface area contributed by atoms with Gasteiger partial charge in [-0.1, -0.05) is 39.0 Å². The highest BCUT2D eigenvalue weighted by Crippen LogP contribution is 2.37. The summed E-state index contributed by atoms with van der Waals surface area (Å²) >= 11 is 0. The van der Waals surface area contributed by atoms with Crippen LogP contribution in [0, 0.1) is 11.8 Å². The summed E-state index contributed by atoms with van der Waals surface area (Å²) in [6.45, 7) is 5.33. The quantitative estimate of drug-likeness (QED) is 0.846. The van der Waals surface area contributed by atoms with Crippen LogP contribution in [0.3, 0.4) is 0 Å². The minimum absolute atomic E-state index is 0.176. The Hall–Kier alpha value is -0.830. The van der Waals surface area contributed by atoms with Crippen LogP contribution in [0.2, 0.25) is 0 Å². The molecule has 3 heteroatoms. The first-order valence-electron chi connectivity index (χ1n) is 8.03. The summed E-state index contributed by atoms with van der Waals surface area (Å²) in [6.07, 6.45) is 11.4. The van der Waals surface area contributed by atoms with E-state index in [2.05, 4.69) is 25.0 Å². The van der Waals surface area contributed by atoms with Gasteiger partial charge in [-0.2, -0.15) is 5.10 Å². The molecule has 1 atom stereocenters. The van der Waals surface area contributed by atoms with Gasteiger partial charge in [0.2, 0.25) is 0 Å². The molecular weight excluding hydrogens is 234 g/mol. The molecule has 2 rings (SSSR count). The van der Waals surface area contributed by atoms with Crippen molar-refractivity contribution in [3.63, 3.8) is 0 Å². The Morgan fingerprint density at radius 1 is 1.32 bits per heavy atom. The molecule has 2 N–H and O–H groups in total. The van der Waals surface area contributed by atoms with Gasteiger partial charge in [0.1, 0.15) is 0 Å². The summed E-state index contributed by atoms with van der Waals surface area (Å²) in [4.78, 5) is 0. The standard InChI is InChI=1S/C16H29N3/c1-3-5-6-13-7-9-14(10-8-13)16(17)15-11-12-18-19(15)4-2/h11-14,16H,3-10,17H2,1-2H3. The first-order valence-corrected chi connectivity index (χ1v) is 8.03. The molecule has 19 heavy (non-hydrogen) atoms. The average Bonchev–Trinajstić information content (AvgIpc) is 2.93. The van der Waals surface area contributed by atoms with Crippen molar-refractivity contribution in [3.05, 3.63) is 18.0 Å². The van der Waals surface area contributed by atoms with Crippen LogP contribution in [0.5, 0.6) is 0 Å². The molecule has 1 fully saturated rings. The Labute approximate surface area is 117 Å². The first-order chi connectivity index (χ1) is 9.26.